The van der Waals surface area contributed by atoms with Crippen molar-refractivity contribution in [2.24, 2.45) is 0 Å². The summed E-state index contributed by atoms with van der Waals surface area (Å²) in [5.74, 6) is 1.38. The number of likely N-dealkylation sites (N-methyl/N-ethyl adjacent to an activating group) is 1. The van der Waals surface area contributed by atoms with Gasteiger partial charge in [-0.15, -0.1) is 6.58 Å². The summed E-state index contributed by atoms with van der Waals surface area (Å²) in [7, 11) is 3.41. The highest BCUT2D eigenvalue weighted by Gasteiger charge is 2.21. The van der Waals surface area contributed by atoms with E-state index in [1.807, 2.05) is 36.2 Å². The van der Waals surface area contributed by atoms with Gasteiger partial charge >= 0.3 is 0 Å². The Kier molecular flexibility index (Phi) is 9.64. The molecule has 13 heteroatoms. The number of aromatic nitrogens is 5. The van der Waals surface area contributed by atoms with Crippen molar-refractivity contribution in [2.75, 3.05) is 70.3 Å². The van der Waals surface area contributed by atoms with Gasteiger partial charge in [0.25, 0.3) is 5.56 Å². The standard InChI is InChI=1S/C30H37N9O4/c1-4-14-38-29(41)24-21-32-30(35-28(24)39(38)25-6-5-7-26(34-25)42-3)33-22-8-10-23(11-9-22)36-15-17-37(18-16-36)27(40)12-19-43-20-13-31-2/h4-11,21,31H,1,12-20H2,2-3H3,(H,32,33,35). The lowest BCUT2D eigenvalue weighted by Crippen LogP contribution is -2.49. The normalized spacial score (nSPS) is 13.3. The first kappa shape index (κ1) is 29.7. The molecule has 0 saturated carbocycles. The molecule has 226 valence electrons. The Bertz CT molecular complexity index is 1610. The van der Waals surface area contributed by atoms with Crippen LogP contribution in [0.4, 0.5) is 17.3 Å². The monoisotopic (exact) mass is 587 g/mol. The second kappa shape index (κ2) is 13.9. The lowest BCUT2D eigenvalue weighted by molar-refractivity contribution is -0.132. The first-order valence-electron chi connectivity index (χ1n) is 14.3. The van der Waals surface area contributed by atoms with E-state index in [0.717, 1.165) is 31.0 Å². The number of nitrogens with one attached hydrogen (secondary N) is 2. The summed E-state index contributed by atoms with van der Waals surface area (Å²) in [6.07, 6.45) is 3.57. The number of carbonyl (C=O) groups excluding carboxylic acids is 1. The maximum absolute atomic E-state index is 13.2. The maximum atomic E-state index is 13.2. The Balaban J connectivity index is 1.26. The summed E-state index contributed by atoms with van der Waals surface area (Å²) in [5, 5.41) is 6.63. The van der Waals surface area contributed by atoms with Crippen molar-refractivity contribution in [3.05, 3.63) is 71.7 Å². The highest BCUT2D eigenvalue weighted by molar-refractivity contribution is 5.77. The van der Waals surface area contributed by atoms with Gasteiger partial charge in [-0.05, 0) is 37.4 Å². The zero-order chi connectivity index (χ0) is 30.2. The number of piperazine rings is 1. The van der Waals surface area contributed by atoms with Crippen molar-refractivity contribution in [3.8, 4) is 11.7 Å². The predicted molar refractivity (Wildman–Crippen MR) is 166 cm³/mol. The van der Waals surface area contributed by atoms with Crippen LogP contribution in [0.3, 0.4) is 0 Å². The Morgan fingerprint density at radius 2 is 1.86 bits per heavy atom. The minimum Gasteiger partial charge on any atom is -0.481 e. The van der Waals surface area contributed by atoms with Gasteiger partial charge in [0, 0.05) is 56.4 Å². The molecule has 2 N–H and O–H groups in total. The zero-order valence-corrected chi connectivity index (χ0v) is 24.5. The van der Waals surface area contributed by atoms with E-state index < -0.39 is 0 Å². The number of benzene rings is 1. The molecule has 1 fully saturated rings. The fourth-order valence-electron chi connectivity index (χ4n) is 4.94. The molecule has 43 heavy (non-hydrogen) atoms. The van der Waals surface area contributed by atoms with Crippen molar-refractivity contribution in [1.29, 1.82) is 0 Å². The number of methoxy groups -OCH3 is 1. The lowest BCUT2D eigenvalue weighted by atomic mass is 10.2. The molecule has 0 aliphatic carbocycles. The van der Waals surface area contributed by atoms with Crippen LogP contribution < -0.4 is 25.8 Å². The third-order valence-electron chi connectivity index (χ3n) is 7.19. The van der Waals surface area contributed by atoms with Gasteiger partial charge in [-0.1, -0.05) is 12.1 Å². The first-order valence-corrected chi connectivity index (χ1v) is 14.3. The number of amides is 1. The molecular formula is C30H37N9O4. The first-order chi connectivity index (χ1) is 21.0. The topological polar surface area (TPSA) is 132 Å². The molecule has 1 aromatic carbocycles. The molecule has 1 amide bonds. The van der Waals surface area contributed by atoms with Crippen LogP contribution in [0.15, 0.2) is 66.1 Å². The smallest absolute Gasteiger partial charge is 0.278 e. The minimum absolute atomic E-state index is 0.132. The third kappa shape index (κ3) is 6.84. The van der Waals surface area contributed by atoms with E-state index in [4.69, 9.17) is 9.47 Å². The maximum Gasteiger partial charge on any atom is 0.278 e. The van der Waals surface area contributed by atoms with Crippen LogP contribution in [0.1, 0.15) is 6.42 Å². The number of anilines is 3. The molecule has 13 nitrogen and oxygen atoms in total. The van der Waals surface area contributed by atoms with Gasteiger partial charge in [0.05, 0.1) is 33.3 Å². The third-order valence-corrected chi connectivity index (χ3v) is 7.19. The van der Waals surface area contributed by atoms with Crippen molar-refractivity contribution in [2.45, 2.75) is 13.0 Å². The van der Waals surface area contributed by atoms with Gasteiger partial charge in [0.2, 0.25) is 17.7 Å². The summed E-state index contributed by atoms with van der Waals surface area (Å²) in [6, 6.07) is 13.3. The van der Waals surface area contributed by atoms with Gasteiger partial charge in [0.15, 0.2) is 11.5 Å². The number of nitrogens with zero attached hydrogens (tertiary/aromatic N) is 7. The second-order valence-corrected chi connectivity index (χ2v) is 9.96. The molecule has 0 bridgehead atoms. The van der Waals surface area contributed by atoms with Crippen molar-refractivity contribution >= 4 is 34.3 Å². The Hall–Kier alpha value is -4.75. The van der Waals surface area contributed by atoms with E-state index >= 15 is 0 Å². The number of ether oxygens (including phenoxy) is 2. The molecule has 1 aliphatic heterocycles. The number of fused-ring (bicyclic) bond motifs is 1. The predicted octanol–water partition coefficient (Wildman–Crippen LogP) is 2.19. The summed E-state index contributed by atoms with van der Waals surface area (Å²) >= 11 is 0. The van der Waals surface area contributed by atoms with Gasteiger partial charge in [-0.2, -0.15) is 9.97 Å². The van der Waals surface area contributed by atoms with E-state index in [0.29, 0.717) is 61.4 Å². The Morgan fingerprint density at radius 1 is 1.07 bits per heavy atom. The van der Waals surface area contributed by atoms with Crippen LogP contribution in [0.2, 0.25) is 0 Å². The largest absolute Gasteiger partial charge is 0.481 e. The lowest BCUT2D eigenvalue weighted by Gasteiger charge is -2.36. The molecule has 1 aliphatic rings. The van der Waals surface area contributed by atoms with E-state index in [1.165, 1.54) is 10.9 Å². The van der Waals surface area contributed by atoms with Crippen LogP contribution in [0.25, 0.3) is 16.9 Å². The Morgan fingerprint density at radius 3 is 2.58 bits per heavy atom. The average Bonchev–Trinajstić information content (AvgIpc) is 3.31. The number of hydrogen-bond donors (Lipinski definition) is 2. The molecular weight excluding hydrogens is 550 g/mol. The van der Waals surface area contributed by atoms with Crippen molar-refractivity contribution < 1.29 is 14.3 Å². The van der Waals surface area contributed by atoms with Crippen molar-refractivity contribution in [3.63, 3.8) is 0 Å². The summed E-state index contributed by atoms with van der Waals surface area (Å²) in [5.41, 5.74) is 2.05. The number of allylic oxidation sites excluding steroid dienone is 1. The van der Waals surface area contributed by atoms with Gasteiger partial charge < -0.3 is 29.9 Å². The van der Waals surface area contributed by atoms with Gasteiger partial charge in [-0.3, -0.25) is 9.59 Å². The number of pyridine rings is 1. The molecule has 3 aromatic heterocycles. The molecule has 0 radical (unpaired) electrons. The fraction of sp³-hybridized carbons (Fsp3) is 0.367. The quantitative estimate of drug-likeness (QED) is 0.177. The zero-order valence-electron chi connectivity index (χ0n) is 24.5. The molecule has 5 rings (SSSR count). The molecule has 4 heterocycles. The van der Waals surface area contributed by atoms with Crippen molar-refractivity contribution in [1.82, 2.24) is 34.5 Å². The van der Waals surface area contributed by atoms with E-state index in [1.54, 1.807) is 36.1 Å². The van der Waals surface area contributed by atoms with Crippen LogP contribution in [-0.2, 0) is 16.1 Å². The van der Waals surface area contributed by atoms with Gasteiger partial charge in [-0.25, -0.2) is 14.3 Å². The summed E-state index contributed by atoms with van der Waals surface area (Å²) in [4.78, 5) is 43.4. The molecule has 0 unspecified atom stereocenters. The van der Waals surface area contributed by atoms with Crippen LogP contribution >= 0.6 is 0 Å². The number of hydrogen-bond acceptors (Lipinski definition) is 10. The number of carbonyl (C=O) groups is 1. The summed E-state index contributed by atoms with van der Waals surface area (Å²) in [6.45, 7) is 8.76. The second-order valence-electron chi connectivity index (χ2n) is 9.96. The minimum atomic E-state index is -0.241. The summed E-state index contributed by atoms with van der Waals surface area (Å²) < 4.78 is 13.9. The molecule has 0 atom stereocenters. The van der Waals surface area contributed by atoms with Crippen LogP contribution in [0.5, 0.6) is 5.88 Å². The van der Waals surface area contributed by atoms with E-state index in [9.17, 15) is 9.59 Å². The average molecular weight is 588 g/mol. The molecule has 0 spiro atoms. The van der Waals surface area contributed by atoms with E-state index in [-0.39, 0.29) is 18.0 Å². The highest BCUT2D eigenvalue weighted by Crippen LogP contribution is 2.23. The van der Waals surface area contributed by atoms with Gasteiger partial charge in [0.1, 0.15) is 5.39 Å². The number of rotatable bonds is 13. The highest BCUT2D eigenvalue weighted by atomic mass is 16.5. The van der Waals surface area contributed by atoms with E-state index in [2.05, 4.69) is 37.1 Å². The SMILES string of the molecule is C=CCn1c(=O)c2cnc(Nc3ccc(N4CCN(C(=O)CCOCCNC)CC4)cc3)nc2n1-c1cccc(OC)n1. The molecule has 1 saturated heterocycles. The van der Waals surface area contributed by atoms with Crippen LogP contribution in [-0.4, -0.2) is 95.2 Å². The van der Waals surface area contributed by atoms with Crippen LogP contribution in [0, 0.1) is 0 Å². The molecule has 4 aromatic rings. The fourth-order valence-corrected chi connectivity index (χ4v) is 4.94. The Labute approximate surface area is 249 Å².